The van der Waals surface area contributed by atoms with Crippen molar-refractivity contribution < 1.29 is 24.6 Å². The number of thioether (sulfide) groups is 1. The molecule has 0 bridgehead atoms. The van der Waals surface area contributed by atoms with Crippen molar-refractivity contribution in [3.63, 3.8) is 0 Å². The van der Waals surface area contributed by atoms with Crippen LogP contribution in [-0.4, -0.2) is 64.7 Å². The highest BCUT2D eigenvalue weighted by Gasteiger charge is 2.28. The smallest absolute Gasteiger partial charge is 0.326 e. The zero-order valence-corrected chi connectivity index (χ0v) is 18.5. The summed E-state index contributed by atoms with van der Waals surface area (Å²) in [6.07, 6.45) is 1.98. The van der Waals surface area contributed by atoms with Crippen molar-refractivity contribution in [1.82, 2.24) is 10.6 Å². The fraction of sp³-hybridized carbons (Fsp3) is 0.348. The second-order valence-corrected chi connectivity index (χ2v) is 8.60. The van der Waals surface area contributed by atoms with E-state index in [2.05, 4.69) is 16.0 Å². The lowest BCUT2D eigenvalue weighted by molar-refractivity contribution is -0.139. The van der Waals surface area contributed by atoms with Crippen LogP contribution in [-0.2, 0) is 9.59 Å². The predicted molar refractivity (Wildman–Crippen MR) is 125 cm³/mol. The normalized spacial score (nSPS) is 18.7. The lowest BCUT2D eigenvalue weighted by Gasteiger charge is -2.17. The molecule has 3 atom stereocenters. The molecular formula is C23H27N3O5S. The molecule has 32 heavy (non-hydrogen) atoms. The first kappa shape index (κ1) is 23.8. The molecule has 5 N–H and O–H groups in total. The number of hydrogen-bond donors (Lipinski definition) is 5. The van der Waals surface area contributed by atoms with E-state index in [1.807, 2.05) is 36.6 Å². The van der Waals surface area contributed by atoms with Gasteiger partial charge in [-0.3, -0.25) is 9.59 Å². The van der Waals surface area contributed by atoms with Crippen LogP contribution in [0.2, 0.25) is 0 Å². The molecule has 0 spiro atoms. The average Bonchev–Trinajstić information content (AvgIpc) is 3.23. The zero-order valence-electron chi connectivity index (χ0n) is 17.7. The summed E-state index contributed by atoms with van der Waals surface area (Å²) in [5.41, 5.74) is 2.17. The number of aliphatic hydroxyl groups excluding tert-OH is 1. The van der Waals surface area contributed by atoms with Crippen molar-refractivity contribution >= 4 is 35.2 Å². The second-order valence-electron chi connectivity index (χ2n) is 7.61. The molecule has 1 aliphatic heterocycles. The third-order valence-electron chi connectivity index (χ3n) is 5.25. The molecule has 9 heteroatoms. The summed E-state index contributed by atoms with van der Waals surface area (Å²) >= 11 is 1.51. The van der Waals surface area contributed by atoms with Gasteiger partial charge in [0.05, 0.1) is 12.1 Å². The van der Waals surface area contributed by atoms with Crippen LogP contribution in [0, 0.1) is 0 Å². The first-order valence-electron chi connectivity index (χ1n) is 10.3. The zero-order chi connectivity index (χ0) is 23.1. The minimum Gasteiger partial charge on any atom is -0.480 e. The Kier molecular flexibility index (Phi) is 8.26. The van der Waals surface area contributed by atoms with E-state index in [9.17, 15) is 24.6 Å². The number of carboxylic acid groups (broad SMARTS) is 1. The number of benzene rings is 2. The molecule has 1 unspecified atom stereocenters. The van der Waals surface area contributed by atoms with Gasteiger partial charge in [0.25, 0.3) is 5.91 Å². The Morgan fingerprint density at radius 3 is 2.56 bits per heavy atom. The molecule has 0 aromatic heterocycles. The lowest BCUT2D eigenvalue weighted by atomic mass is 9.98. The molecule has 170 valence electrons. The van der Waals surface area contributed by atoms with Gasteiger partial charge in [-0.25, -0.2) is 4.79 Å². The molecule has 0 saturated carbocycles. The maximum Gasteiger partial charge on any atom is 0.326 e. The fourth-order valence-electron chi connectivity index (χ4n) is 3.55. The van der Waals surface area contributed by atoms with Crippen LogP contribution in [0.15, 0.2) is 48.5 Å². The van der Waals surface area contributed by atoms with Crippen LogP contribution in [0.3, 0.4) is 0 Å². The van der Waals surface area contributed by atoms with Crippen LogP contribution in [0.5, 0.6) is 0 Å². The van der Waals surface area contributed by atoms with Crippen molar-refractivity contribution in [2.45, 2.75) is 31.0 Å². The van der Waals surface area contributed by atoms with E-state index in [0.717, 1.165) is 5.56 Å². The Morgan fingerprint density at radius 1 is 1.19 bits per heavy atom. The maximum absolute atomic E-state index is 13.0. The summed E-state index contributed by atoms with van der Waals surface area (Å²) < 4.78 is 0. The monoisotopic (exact) mass is 457 g/mol. The first-order valence-corrected chi connectivity index (χ1v) is 11.7. The third-order valence-corrected chi connectivity index (χ3v) is 5.90. The predicted octanol–water partition coefficient (Wildman–Crippen LogP) is 1.95. The van der Waals surface area contributed by atoms with Gasteiger partial charge in [0, 0.05) is 17.8 Å². The molecule has 2 amide bonds. The SMILES string of the molecule is CSCC[C@H](NC(=O)c1ccc(NC(=O)[C@H]2CC(O)CN2)cc1-c1ccccc1)C(=O)O. The van der Waals surface area contributed by atoms with Crippen LogP contribution < -0.4 is 16.0 Å². The summed E-state index contributed by atoms with van der Waals surface area (Å²) in [5, 5.41) is 27.5. The van der Waals surface area contributed by atoms with E-state index in [1.165, 1.54) is 11.8 Å². The summed E-state index contributed by atoms with van der Waals surface area (Å²) in [4.78, 5) is 37.1. The van der Waals surface area contributed by atoms with Gasteiger partial charge in [-0.05, 0) is 54.2 Å². The van der Waals surface area contributed by atoms with E-state index in [0.29, 0.717) is 42.0 Å². The molecule has 1 saturated heterocycles. The summed E-state index contributed by atoms with van der Waals surface area (Å²) in [6, 6.07) is 12.6. The van der Waals surface area contributed by atoms with Crippen molar-refractivity contribution in [2.24, 2.45) is 0 Å². The van der Waals surface area contributed by atoms with Gasteiger partial charge < -0.3 is 26.2 Å². The van der Waals surface area contributed by atoms with E-state index in [-0.39, 0.29) is 5.91 Å². The molecule has 1 fully saturated rings. The summed E-state index contributed by atoms with van der Waals surface area (Å²) in [6.45, 7) is 0.369. The number of hydrogen-bond acceptors (Lipinski definition) is 6. The quantitative estimate of drug-likeness (QED) is 0.389. The second kappa shape index (κ2) is 11.1. The molecule has 1 aliphatic rings. The lowest BCUT2D eigenvalue weighted by Crippen LogP contribution is -2.41. The maximum atomic E-state index is 13.0. The number of carboxylic acids is 1. The number of carbonyl (C=O) groups is 3. The number of β-amino-alcohol motifs (C(OH)–C–C–N with tert-alkyl or cyclic N) is 1. The molecule has 0 radical (unpaired) electrons. The highest BCUT2D eigenvalue weighted by molar-refractivity contribution is 7.98. The number of aliphatic hydroxyl groups is 1. The van der Waals surface area contributed by atoms with Gasteiger partial charge in [-0.15, -0.1) is 0 Å². The summed E-state index contributed by atoms with van der Waals surface area (Å²) in [7, 11) is 0. The molecule has 2 aromatic carbocycles. The number of carbonyl (C=O) groups excluding carboxylic acids is 2. The molecular weight excluding hydrogens is 430 g/mol. The van der Waals surface area contributed by atoms with Crippen LogP contribution >= 0.6 is 11.8 Å². The number of aliphatic carboxylic acids is 1. The Labute approximate surface area is 190 Å². The third kappa shape index (κ3) is 6.09. The number of amides is 2. The Morgan fingerprint density at radius 2 is 1.94 bits per heavy atom. The van der Waals surface area contributed by atoms with Crippen molar-refractivity contribution in [1.29, 1.82) is 0 Å². The highest BCUT2D eigenvalue weighted by Crippen LogP contribution is 2.28. The summed E-state index contributed by atoms with van der Waals surface area (Å²) in [5.74, 6) is -1.22. The Hall–Kier alpha value is -2.88. The standard InChI is InChI=1S/C23H27N3O5S/c1-32-10-9-19(23(30)31)26-21(28)17-8-7-15(11-18(17)14-5-3-2-4-6-14)25-22(29)20-12-16(27)13-24-20/h2-8,11,16,19-20,24,27H,9-10,12-13H2,1H3,(H,25,29)(H,26,28)(H,30,31)/t16?,19-,20+/m0/s1. The van der Waals surface area contributed by atoms with Crippen molar-refractivity contribution in [3.05, 3.63) is 54.1 Å². The minimum atomic E-state index is -1.08. The molecule has 2 aromatic rings. The van der Waals surface area contributed by atoms with Crippen molar-refractivity contribution in [3.8, 4) is 11.1 Å². The van der Waals surface area contributed by atoms with Gasteiger partial charge in [-0.1, -0.05) is 30.3 Å². The molecule has 0 aliphatic carbocycles. The number of nitrogens with one attached hydrogen (secondary N) is 3. The first-order chi connectivity index (χ1) is 15.4. The Bertz CT molecular complexity index is 969. The molecule has 3 rings (SSSR count). The Balaban J connectivity index is 1.86. The largest absolute Gasteiger partial charge is 0.480 e. The van der Waals surface area contributed by atoms with Gasteiger partial charge >= 0.3 is 5.97 Å². The van der Waals surface area contributed by atoms with E-state index < -0.39 is 30.1 Å². The molecule has 1 heterocycles. The van der Waals surface area contributed by atoms with Gasteiger partial charge in [0.15, 0.2) is 0 Å². The van der Waals surface area contributed by atoms with Gasteiger partial charge in [0.1, 0.15) is 6.04 Å². The average molecular weight is 458 g/mol. The topological polar surface area (TPSA) is 128 Å². The van der Waals surface area contributed by atoms with Crippen LogP contribution in [0.4, 0.5) is 5.69 Å². The highest BCUT2D eigenvalue weighted by atomic mass is 32.2. The van der Waals surface area contributed by atoms with E-state index in [1.54, 1.807) is 18.2 Å². The number of rotatable bonds is 9. The van der Waals surface area contributed by atoms with E-state index in [4.69, 9.17) is 0 Å². The van der Waals surface area contributed by atoms with Gasteiger partial charge in [-0.2, -0.15) is 11.8 Å². The van der Waals surface area contributed by atoms with E-state index >= 15 is 0 Å². The van der Waals surface area contributed by atoms with Crippen LogP contribution in [0.25, 0.3) is 11.1 Å². The van der Waals surface area contributed by atoms with Crippen molar-refractivity contribution in [2.75, 3.05) is 23.9 Å². The number of anilines is 1. The minimum absolute atomic E-state index is 0.263. The molecule has 8 nitrogen and oxygen atoms in total. The van der Waals surface area contributed by atoms with Gasteiger partial charge in [0.2, 0.25) is 5.91 Å². The van der Waals surface area contributed by atoms with Crippen LogP contribution in [0.1, 0.15) is 23.2 Å². The fourth-order valence-corrected chi connectivity index (χ4v) is 4.02.